The Morgan fingerprint density at radius 3 is 2.46 bits per heavy atom. The van der Waals surface area contributed by atoms with Gasteiger partial charge in [-0.1, -0.05) is 32.4 Å². The molecule has 0 saturated heterocycles. The SMILES string of the molecule is CCC(C)(C)NC(=O)COC(=O)c1cc(Cl)c(OCC(C)C)c(OC)c1. The minimum atomic E-state index is -0.662. The molecule has 0 aromatic heterocycles. The van der Waals surface area contributed by atoms with Crippen LogP contribution in [0.25, 0.3) is 0 Å². The molecule has 0 aliphatic heterocycles. The van der Waals surface area contributed by atoms with Gasteiger partial charge in [0.2, 0.25) is 0 Å². The third-order valence-electron chi connectivity index (χ3n) is 3.72. The molecule has 0 heterocycles. The van der Waals surface area contributed by atoms with Gasteiger partial charge >= 0.3 is 5.97 Å². The molecule has 0 aliphatic carbocycles. The van der Waals surface area contributed by atoms with Gasteiger partial charge in [0, 0.05) is 5.54 Å². The second-order valence-electron chi connectivity index (χ2n) is 7.06. The van der Waals surface area contributed by atoms with Gasteiger partial charge in [-0.15, -0.1) is 0 Å². The molecule has 1 aromatic carbocycles. The van der Waals surface area contributed by atoms with Crippen molar-refractivity contribution in [1.29, 1.82) is 0 Å². The normalized spacial score (nSPS) is 11.2. The summed E-state index contributed by atoms with van der Waals surface area (Å²) in [4.78, 5) is 24.1. The summed E-state index contributed by atoms with van der Waals surface area (Å²) < 4.78 is 16.0. The molecule has 7 heteroatoms. The van der Waals surface area contributed by atoms with Crippen LogP contribution in [0.15, 0.2) is 12.1 Å². The predicted molar refractivity (Wildman–Crippen MR) is 101 cm³/mol. The van der Waals surface area contributed by atoms with Gasteiger partial charge < -0.3 is 19.5 Å². The smallest absolute Gasteiger partial charge is 0.338 e. The van der Waals surface area contributed by atoms with Crippen molar-refractivity contribution in [2.45, 2.75) is 46.6 Å². The summed E-state index contributed by atoms with van der Waals surface area (Å²) in [6.45, 7) is 9.87. The Labute approximate surface area is 160 Å². The van der Waals surface area contributed by atoms with E-state index < -0.39 is 5.97 Å². The molecule has 0 atom stereocenters. The third-order valence-corrected chi connectivity index (χ3v) is 4.00. The zero-order chi connectivity index (χ0) is 19.9. The van der Waals surface area contributed by atoms with Gasteiger partial charge in [0.05, 0.1) is 24.3 Å². The highest BCUT2D eigenvalue weighted by Crippen LogP contribution is 2.36. The lowest BCUT2D eigenvalue weighted by Gasteiger charge is -2.24. The number of methoxy groups -OCH3 is 1. The Kier molecular flexibility index (Phi) is 8.21. The van der Waals surface area contributed by atoms with E-state index in [4.69, 9.17) is 25.8 Å². The monoisotopic (exact) mass is 385 g/mol. The number of hydrogen-bond acceptors (Lipinski definition) is 5. The number of esters is 1. The maximum absolute atomic E-state index is 12.2. The Bertz CT molecular complexity index is 643. The van der Waals surface area contributed by atoms with Crippen LogP contribution in [0.5, 0.6) is 11.5 Å². The molecule has 26 heavy (non-hydrogen) atoms. The zero-order valence-electron chi connectivity index (χ0n) is 16.3. The van der Waals surface area contributed by atoms with Crippen LogP contribution in [-0.2, 0) is 9.53 Å². The fourth-order valence-electron chi connectivity index (χ4n) is 1.94. The summed E-state index contributed by atoms with van der Waals surface area (Å²) in [5.74, 6) is 0.0000318. The molecule has 0 bridgehead atoms. The van der Waals surface area contributed by atoms with Crippen LogP contribution in [0, 0.1) is 5.92 Å². The van der Waals surface area contributed by atoms with Crippen LogP contribution in [-0.4, -0.2) is 37.7 Å². The minimum Gasteiger partial charge on any atom is -0.493 e. The number of amides is 1. The highest BCUT2D eigenvalue weighted by atomic mass is 35.5. The van der Waals surface area contributed by atoms with Crippen molar-refractivity contribution in [3.05, 3.63) is 22.7 Å². The van der Waals surface area contributed by atoms with Gasteiger partial charge in [-0.2, -0.15) is 0 Å². The van der Waals surface area contributed by atoms with Gasteiger partial charge in [0.25, 0.3) is 5.91 Å². The van der Waals surface area contributed by atoms with Crippen LogP contribution in [0.1, 0.15) is 51.4 Å². The van der Waals surface area contributed by atoms with E-state index in [9.17, 15) is 9.59 Å². The number of hydrogen-bond donors (Lipinski definition) is 1. The van der Waals surface area contributed by atoms with Crippen LogP contribution in [0.4, 0.5) is 0 Å². The number of rotatable bonds is 9. The van der Waals surface area contributed by atoms with E-state index in [1.54, 1.807) is 0 Å². The first-order valence-electron chi connectivity index (χ1n) is 8.58. The van der Waals surface area contributed by atoms with Gasteiger partial charge in [-0.3, -0.25) is 4.79 Å². The summed E-state index contributed by atoms with van der Waals surface area (Å²) >= 11 is 6.22. The number of halogens is 1. The molecule has 1 amide bonds. The van der Waals surface area contributed by atoms with E-state index in [1.165, 1.54) is 19.2 Å². The molecule has 0 unspecified atom stereocenters. The molecule has 146 valence electrons. The van der Waals surface area contributed by atoms with Crippen molar-refractivity contribution in [3.63, 3.8) is 0 Å². The summed E-state index contributed by atoms with van der Waals surface area (Å²) in [6, 6.07) is 2.92. The van der Waals surface area contributed by atoms with Crippen molar-refractivity contribution in [2.75, 3.05) is 20.3 Å². The fraction of sp³-hybridized carbons (Fsp3) is 0.579. The van der Waals surface area contributed by atoms with Crippen molar-refractivity contribution in [3.8, 4) is 11.5 Å². The van der Waals surface area contributed by atoms with Crippen molar-refractivity contribution in [2.24, 2.45) is 5.92 Å². The molecule has 0 aliphatic rings. The second kappa shape index (κ2) is 9.67. The molecule has 0 saturated carbocycles. The summed E-state index contributed by atoms with van der Waals surface area (Å²) in [5.41, 5.74) is -0.169. The third kappa shape index (κ3) is 6.75. The van der Waals surface area contributed by atoms with Crippen molar-refractivity contribution in [1.82, 2.24) is 5.32 Å². The molecular weight excluding hydrogens is 358 g/mol. The van der Waals surface area contributed by atoms with Crippen LogP contribution < -0.4 is 14.8 Å². The van der Waals surface area contributed by atoms with Gasteiger partial charge in [-0.05, 0) is 38.3 Å². The molecule has 0 fully saturated rings. The first kappa shape index (κ1) is 22.1. The largest absolute Gasteiger partial charge is 0.493 e. The Hall–Kier alpha value is -1.95. The highest BCUT2D eigenvalue weighted by Gasteiger charge is 2.21. The fourth-order valence-corrected chi connectivity index (χ4v) is 2.21. The maximum atomic E-state index is 12.2. The molecular formula is C19H28ClNO5. The zero-order valence-corrected chi connectivity index (χ0v) is 17.0. The summed E-state index contributed by atoms with van der Waals surface area (Å²) in [6.07, 6.45) is 0.761. The molecule has 0 radical (unpaired) electrons. The Morgan fingerprint density at radius 1 is 1.27 bits per heavy atom. The number of carbonyl (C=O) groups excluding carboxylic acids is 2. The second-order valence-corrected chi connectivity index (χ2v) is 7.46. The summed E-state index contributed by atoms with van der Waals surface area (Å²) in [7, 11) is 1.46. The first-order chi connectivity index (χ1) is 12.1. The molecule has 6 nitrogen and oxygen atoms in total. The first-order valence-corrected chi connectivity index (χ1v) is 8.96. The number of carbonyl (C=O) groups is 2. The van der Waals surface area contributed by atoms with Crippen molar-refractivity contribution < 1.29 is 23.8 Å². The van der Waals surface area contributed by atoms with Crippen molar-refractivity contribution >= 4 is 23.5 Å². The molecule has 1 rings (SSSR count). The number of ether oxygens (including phenoxy) is 3. The predicted octanol–water partition coefficient (Wildman–Crippen LogP) is 3.85. The Balaban J connectivity index is 2.80. The van der Waals surface area contributed by atoms with E-state index in [0.717, 1.165) is 6.42 Å². The minimum absolute atomic E-state index is 0.186. The highest BCUT2D eigenvalue weighted by molar-refractivity contribution is 6.32. The van der Waals surface area contributed by atoms with Gasteiger partial charge in [0.1, 0.15) is 0 Å². The topological polar surface area (TPSA) is 73.9 Å². The lowest BCUT2D eigenvalue weighted by atomic mass is 10.0. The molecule has 1 N–H and O–H groups in total. The standard InChI is InChI=1S/C19H28ClNO5/c1-7-19(4,5)21-16(22)11-26-18(23)13-8-14(20)17(15(9-13)24-6)25-10-12(2)3/h8-9,12H,7,10-11H2,1-6H3,(H,21,22). The lowest BCUT2D eigenvalue weighted by molar-refractivity contribution is -0.125. The van der Waals surface area contributed by atoms with E-state index in [-0.39, 0.29) is 28.6 Å². The summed E-state index contributed by atoms with van der Waals surface area (Å²) in [5, 5.41) is 3.04. The van der Waals surface area contributed by atoms with Crippen LogP contribution >= 0.6 is 11.6 Å². The maximum Gasteiger partial charge on any atom is 0.338 e. The molecule has 0 spiro atoms. The quantitative estimate of drug-likeness (QED) is 0.653. The average molecular weight is 386 g/mol. The van der Waals surface area contributed by atoms with Gasteiger partial charge in [0.15, 0.2) is 18.1 Å². The lowest BCUT2D eigenvalue weighted by Crippen LogP contribution is -2.44. The van der Waals surface area contributed by atoms with E-state index in [2.05, 4.69) is 5.32 Å². The van der Waals surface area contributed by atoms with Crippen LogP contribution in [0.2, 0.25) is 5.02 Å². The van der Waals surface area contributed by atoms with Crippen LogP contribution in [0.3, 0.4) is 0 Å². The molecule has 1 aromatic rings. The Morgan fingerprint density at radius 2 is 1.92 bits per heavy atom. The van der Waals surface area contributed by atoms with Gasteiger partial charge in [-0.25, -0.2) is 4.79 Å². The number of nitrogens with one attached hydrogen (secondary N) is 1. The van der Waals surface area contributed by atoms with E-state index in [0.29, 0.717) is 24.0 Å². The number of benzene rings is 1. The van der Waals surface area contributed by atoms with E-state index >= 15 is 0 Å². The van der Waals surface area contributed by atoms with E-state index in [1.807, 2.05) is 34.6 Å². The average Bonchev–Trinajstić information content (AvgIpc) is 2.57.